The molecule has 2 aliphatic rings. The standard InChI is InChI=1S/C29H31ClN2O2/c1-3-28(34)31-16-20(17-31)7-6-8-23(33)18-32-19(2)29(26-15-22(30)13-14-27(26)32)25-10-5-4-9-24(25)21-11-12-21/h3-5,9-10,13-15,20-21H,1,6-8,11-12,16-18H2,2H3. The number of amides is 1. The SMILES string of the molecule is C=CC(=O)N1CC(CCCC(=O)Cn2c(C)c(-c3ccccc3C3CC3)c3cc(Cl)ccc32)C1. The number of hydrogen-bond donors (Lipinski definition) is 0. The Labute approximate surface area is 206 Å². The highest BCUT2D eigenvalue weighted by molar-refractivity contribution is 6.31. The van der Waals surface area contributed by atoms with Crippen molar-refractivity contribution in [2.45, 2.75) is 51.5 Å². The number of likely N-dealkylation sites (tertiary alicyclic amines) is 1. The van der Waals surface area contributed by atoms with Crippen molar-refractivity contribution in [3.63, 3.8) is 0 Å². The molecule has 0 radical (unpaired) electrons. The molecule has 2 aromatic carbocycles. The topological polar surface area (TPSA) is 42.3 Å². The molecule has 1 amide bonds. The fourth-order valence-electron chi connectivity index (χ4n) is 5.38. The summed E-state index contributed by atoms with van der Waals surface area (Å²) in [7, 11) is 0. The molecular formula is C29H31ClN2O2. The normalized spacial score (nSPS) is 16.0. The van der Waals surface area contributed by atoms with E-state index in [1.54, 1.807) is 4.90 Å². The number of fused-ring (bicyclic) bond motifs is 1. The largest absolute Gasteiger partial charge is 0.338 e. The molecule has 1 aliphatic carbocycles. The van der Waals surface area contributed by atoms with E-state index >= 15 is 0 Å². The van der Waals surface area contributed by atoms with Gasteiger partial charge in [0, 0.05) is 46.7 Å². The molecule has 5 rings (SSSR count). The van der Waals surface area contributed by atoms with Crippen LogP contribution in [0.3, 0.4) is 0 Å². The van der Waals surface area contributed by atoms with Crippen LogP contribution in [0.5, 0.6) is 0 Å². The summed E-state index contributed by atoms with van der Waals surface area (Å²) < 4.78 is 2.17. The Kier molecular flexibility index (Phi) is 6.35. The van der Waals surface area contributed by atoms with Crippen molar-refractivity contribution >= 4 is 34.2 Å². The Morgan fingerprint density at radius 2 is 1.91 bits per heavy atom. The number of ketones is 1. The van der Waals surface area contributed by atoms with Gasteiger partial charge >= 0.3 is 0 Å². The summed E-state index contributed by atoms with van der Waals surface area (Å²) in [6.45, 7) is 7.61. The lowest BCUT2D eigenvalue weighted by molar-refractivity contribution is -0.132. The van der Waals surface area contributed by atoms with Crippen molar-refractivity contribution in [1.82, 2.24) is 9.47 Å². The average Bonchev–Trinajstić information content (AvgIpc) is 3.61. The van der Waals surface area contributed by atoms with Crippen LogP contribution in [0.1, 0.15) is 49.3 Å². The molecule has 0 spiro atoms. The average molecular weight is 475 g/mol. The van der Waals surface area contributed by atoms with E-state index in [1.807, 2.05) is 18.2 Å². The Morgan fingerprint density at radius 1 is 1.15 bits per heavy atom. The lowest BCUT2D eigenvalue weighted by Gasteiger charge is -2.38. The van der Waals surface area contributed by atoms with Gasteiger partial charge in [-0.25, -0.2) is 0 Å². The maximum Gasteiger partial charge on any atom is 0.245 e. The van der Waals surface area contributed by atoms with Crippen molar-refractivity contribution in [3.8, 4) is 11.1 Å². The number of carbonyl (C=O) groups is 2. The fraction of sp³-hybridized carbons (Fsp3) is 0.379. The number of carbonyl (C=O) groups excluding carboxylic acids is 2. The molecule has 2 heterocycles. The zero-order valence-corrected chi connectivity index (χ0v) is 20.5. The van der Waals surface area contributed by atoms with Gasteiger partial charge in [0.25, 0.3) is 0 Å². The van der Waals surface area contributed by atoms with Gasteiger partial charge in [-0.3, -0.25) is 9.59 Å². The first-order valence-corrected chi connectivity index (χ1v) is 12.6. The molecular weight excluding hydrogens is 444 g/mol. The third-order valence-corrected chi connectivity index (χ3v) is 7.61. The van der Waals surface area contributed by atoms with Gasteiger partial charge in [0.05, 0.1) is 6.54 Å². The van der Waals surface area contributed by atoms with E-state index in [1.165, 1.54) is 35.6 Å². The van der Waals surface area contributed by atoms with E-state index in [4.69, 9.17) is 11.6 Å². The maximum absolute atomic E-state index is 13.0. The molecule has 1 aliphatic heterocycles. The first kappa shape index (κ1) is 22.9. The number of nitrogens with zero attached hydrogens (tertiary/aromatic N) is 2. The molecule has 1 saturated carbocycles. The van der Waals surface area contributed by atoms with Crippen molar-refractivity contribution in [1.29, 1.82) is 0 Å². The Bertz CT molecular complexity index is 1260. The number of Topliss-reactive ketones (excluding diaryl/α,β-unsaturated/α-hetero) is 1. The summed E-state index contributed by atoms with van der Waals surface area (Å²) in [5.74, 6) is 1.38. The lowest BCUT2D eigenvalue weighted by atomic mass is 9.93. The maximum atomic E-state index is 13.0. The molecule has 1 aromatic heterocycles. The van der Waals surface area contributed by atoms with Crippen molar-refractivity contribution in [3.05, 3.63) is 71.4 Å². The van der Waals surface area contributed by atoms with Gasteiger partial charge in [0.1, 0.15) is 0 Å². The zero-order chi connectivity index (χ0) is 23.8. The Hall–Kier alpha value is -2.85. The van der Waals surface area contributed by atoms with Crippen molar-refractivity contribution in [2.24, 2.45) is 5.92 Å². The van der Waals surface area contributed by atoms with E-state index in [9.17, 15) is 9.59 Å². The number of halogens is 1. The molecule has 1 saturated heterocycles. The highest BCUT2D eigenvalue weighted by Gasteiger charge is 2.29. The smallest absolute Gasteiger partial charge is 0.245 e. The summed E-state index contributed by atoms with van der Waals surface area (Å²) in [6.07, 6.45) is 6.26. The van der Waals surface area contributed by atoms with Gasteiger partial charge in [-0.15, -0.1) is 0 Å². The number of hydrogen-bond acceptors (Lipinski definition) is 2. The Balaban J connectivity index is 1.33. The summed E-state index contributed by atoms with van der Waals surface area (Å²) in [6, 6.07) is 14.7. The molecule has 3 aromatic rings. The number of benzene rings is 2. The van der Waals surface area contributed by atoms with Crippen LogP contribution in [0, 0.1) is 12.8 Å². The predicted molar refractivity (Wildman–Crippen MR) is 138 cm³/mol. The van der Waals surface area contributed by atoms with E-state index in [0.717, 1.165) is 42.5 Å². The second-order valence-electron chi connectivity index (χ2n) is 9.81. The second kappa shape index (κ2) is 9.42. The third kappa shape index (κ3) is 4.44. The van der Waals surface area contributed by atoms with Crippen LogP contribution >= 0.6 is 11.6 Å². The second-order valence-corrected chi connectivity index (χ2v) is 10.3. The minimum atomic E-state index is 0.00135. The van der Waals surface area contributed by atoms with Crippen LogP contribution in [0.2, 0.25) is 5.02 Å². The van der Waals surface area contributed by atoms with Gasteiger partial charge in [-0.05, 0) is 79.8 Å². The summed E-state index contributed by atoms with van der Waals surface area (Å²) >= 11 is 6.41. The Morgan fingerprint density at radius 3 is 2.65 bits per heavy atom. The first-order chi connectivity index (χ1) is 16.5. The molecule has 2 fully saturated rings. The van der Waals surface area contributed by atoms with Gasteiger partial charge in [0.2, 0.25) is 5.91 Å². The molecule has 5 heteroatoms. The molecule has 0 unspecified atom stereocenters. The van der Waals surface area contributed by atoms with E-state index < -0.39 is 0 Å². The number of rotatable bonds is 9. The summed E-state index contributed by atoms with van der Waals surface area (Å²) in [5, 5.41) is 1.83. The van der Waals surface area contributed by atoms with E-state index in [0.29, 0.717) is 29.8 Å². The molecule has 34 heavy (non-hydrogen) atoms. The van der Waals surface area contributed by atoms with Gasteiger partial charge in [-0.2, -0.15) is 0 Å². The number of aromatic nitrogens is 1. The van der Waals surface area contributed by atoms with Crippen molar-refractivity contribution < 1.29 is 9.59 Å². The van der Waals surface area contributed by atoms with Gasteiger partial charge < -0.3 is 9.47 Å². The lowest BCUT2D eigenvalue weighted by Crippen LogP contribution is -2.49. The van der Waals surface area contributed by atoms with E-state index in [-0.39, 0.29) is 11.7 Å². The van der Waals surface area contributed by atoms with Crippen LogP contribution in [0.25, 0.3) is 22.0 Å². The van der Waals surface area contributed by atoms with Crippen LogP contribution in [0.15, 0.2) is 55.1 Å². The molecule has 0 N–H and O–H groups in total. The van der Waals surface area contributed by atoms with Gasteiger partial charge in [0.15, 0.2) is 5.78 Å². The summed E-state index contributed by atoms with van der Waals surface area (Å²) in [4.78, 5) is 26.4. The van der Waals surface area contributed by atoms with Crippen LogP contribution < -0.4 is 0 Å². The first-order valence-electron chi connectivity index (χ1n) is 12.3. The fourth-order valence-corrected chi connectivity index (χ4v) is 5.55. The molecule has 4 nitrogen and oxygen atoms in total. The molecule has 176 valence electrons. The minimum absolute atomic E-state index is 0.00135. The molecule has 0 atom stereocenters. The van der Waals surface area contributed by atoms with E-state index in [2.05, 4.69) is 42.3 Å². The quantitative estimate of drug-likeness (QED) is 0.331. The molecule has 0 bridgehead atoms. The monoisotopic (exact) mass is 474 g/mol. The zero-order valence-electron chi connectivity index (χ0n) is 19.7. The highest BCUT2D eigenvalue weighted by Crippen LogP contribution is 2.47. The third-order valence-electron chi connectivity index (χ3n) is 7.38. The van der Waals surface area contributed by atoms with Crippen molar-refractivity contribution in [2.75, 3.05) is 13.1 Å². The van der Waals surface area contributed by atoms with Crippen LogP contribution in [0.4, 0.5) is 0 Å². The van der Waals surface area contributed by atoms with Crippen LogP contribution in [-0.2, 0) is 16.1 Å². The van der Waals surface area contributed by atoms with Crippen LogP contribution in [-0.4, -0.2) is 34.2 Å². The van der Waals surface area contributed by atoms with Gasteiger partial charge in [-0.1, -0.05) is 42.4 Å². The predicted octanol–water partition coefficient (Wildman–Crippen LogP) is 6.53. The minimum Gasteiger partial charge on any atom is -0.338 e. The summed E-state index contributed by atoms with van der Waals surface area (Å²) in [5.41, 5.74) is 6.06. The highest BCUT2D eigenvalue weighted by atomic mass is 35.5.